The number of hydrogen-bond donors (Lipinski definition) is 0. The average Bonchev–Trinajstić information content (AvgIpc) is 3.07. The number of rotatable bonds is 4. The molecule has 4 heteroatoms. The summed E-state index contributed by atoms with van der Waals surface area (Å²) >= 11 is 7.70. The first-order chi connectivity index (χ1) is 14.2. The van der Waals surface area contributed by atoms with Crippen LogP contribution in [0.25, 0.3) is 6.08 Å². The van der Waals surface area contributed by atoms with Gasteiger partial charge in [-0.05, 0) is 60.9 Å². The van der Waals surface area contributed by atoms with Crippen LogP contribution in [0.5, 0.6) is 0 Å². The first kappa shape index (κ1) is 21.5. The van der Waals surface area contributed by atoms with Gasteiger partial charge in [0.05, 0.1) is 6.26 Å². The Hall–Kier alpha value is -1.71. The second-order valence-electron chi connectivity index (χ2n) is 9.63. The summed E-state index contributed by atoms with van der Waals surface area (Å²) in [5.41, 5.74) is 2.22. The Morgan fingerprint density at radius 2 is 2.00 bits per heavy atom. The Labute approximate surface area is 188 Å². The lowest BCUT2D eigenvalue weighted by Gasteiger charge is -2.55. The van der Waals surface area contributed by atoms with Gasteiger partial charge in [0.2, 0.25) is 0 Å². The van der Waals surface area contributed by atoms with Crippen molar-refractivity contribution < 1.29 is 9.21 Å². The second-order valence-corrected chi connectivity index (χ2v) is 11.1. The summed E-state index contributed by atoms with van der Waals surface area (Å²) in [4.78, 5) is 14.0. The zero-order valence-corrected chi connectivity index (χ0v) is 19.6. The van der Waals surface area contributed by atoms with Crippen LogP contribution in [0.3, 0.4) is 0 Å². The number of benzene rings is 1. The molecule has 0 amide bonds. The lowest BCUT2D eigenvalue weighted by Crippen LogP contribution is -2.52. The standard InChI is InChI=1S/C26H29ClO2S/c1-17-15-22(28)23-25(2,3)12-6-13-26(23,4)21(17)10-9-18-11-14-29-24(18)30-20-8-5-7-19(27)16-20/h5,7-11,14-16,21,23H,6,12-13H2,1-4H3/b10-9+/t21-,23-,26+/m0/s1. The van der Waals surface area contributed by atoms with Crippen LogP contribution in [0.4, 0.5) is 0 Å². The molecular formula is C26H29ClO2S. The molecule has 2 aliphatic carbocycles. The van der Waals surface area contributed by atoms with Crippen LogP contribution in [0.2, 0.25) is 5.02 Å². The highest BCUT2D eigenvalue weighted by Gasteiger charge is 2.54. The topological polar surface area (TPSA) is 30.2 Å². The minimum absolute atomic E-state index is 0.0383. The normalized spacial score (nSPS) is 28.4. The summed E-state index contributed by atoms with van der Waals surface area (Å²) in [6, 6.07) is 9.79. The van der Waals surface area contributed by atoms with Crippen LogP contribution >= 0.6 is 23.4 Å². The smallest absolute Gasteiger partial charge is 0.171 e. The fourth-order valence-corrected chi connectivity index (χ4v) is 6.95. The highest BCUT2D eigenvalue weighted by molar-refractivity contribution is 7.99. The van der Waals surface area contributed by atoms with Crippen molar-refractivity contribution in [3.8, 4) is 0 Å². The van der Waals surface area contributed by atoms with Crippen molar-refractivity contribution in [2.75, 3.05) is 0 Å². The Morgan fingerprint density at radius 3 is 2.77 bits per heavy atom. The Balaban J connectivity index is 1.63. The molecule has 1 aromatic carbocycles. The third-order valence-corrected chi connectivity index (χ3v) is 8.21. The maximum atomic E-state index is 13.0. The van der Waals surface area contributed by atoms with Crippen molar-refractivity contribution in [2.24, 2.45) is 22.7 Å². The molecule has 4 rings (SSSR count). The molecule has 0 saturated heterocycles. The summed E-state index contributed by atoms with van der Waals surface area (Å²) in [7, 11) is 0. The fourth-order valence-electron chi connectivity index (χ4n) is 5.79. The van der Waals surface area contributed by atoms with Gasteiger partial charge in [-0.25, -0.2) is 0 Å². The SMILES string of the molecule is CC1=CC(=O)[C@H]2C(C)(C)CCC[C@]2(C)[C@H]1/C=C/c1ccoc1Sc1cccc(Cl)c1. The number of carbonyl (C=O) groups is 1. The molecule has 0 bridgehead atoms. The second kappa shape index (κ2) is 8.09. The molecule has 0 spiro atoms. The van der Waals surface area contributed by atoms with Gasteiger partial charge in [-0.2, -0.15) is 0 Å². The molecular weight excluding hydrogens is 412 g/mol. The number of hydrogen-bond acceptors (Lipinski definition) is 3. The number of furan rings is 1. The average molecular weight is 441 g/mol. The zero-order valence-electron chi connectivity index (χ0n) is 18.1. The molecule has 1 heterocycles. The third-order valence-electron chi connectivity index (χ3n) is 6.97. The maximum Gasteiger partial charge on any atom is 0.171 e. The van der Waals surface area contributed by atoms with Gasteiger partial charge in [0.25, 0.3) is 0 Å². The molecule has 3 atom stereocenters. The highest BCUT2D eigenvalue weighted by atomic mass is 35.5. The molecule has 2 aromatic rings. The van der Waals surface area contributed by atoms with E-state index in [1.165, 1.54) is 12.0 Å². The van der Waals surface area contributed by atoms with E-state index >= 15 is 0 Å². The molecule has 2 nitrogen and oxygen atoms in total. The van der Waals surface area contributed by atoms with Crippen LogP contribution in [0.15, 0.2) is 68.7 Å². The van der Waals surface area contributed by atoms with Crippen LogP contribution in [0.1, 0.15) is 52.5 Å². The Bertz CT molecular complexity index is 1020. The van der Waals surface area contributed by atoms with E-state index in [4.69, 9.17) is 16.0 Å². The summed E-state index contributed by atoms with van der Waals surface area (Å²) < 4.78 is 5.76. The van der Waals surface area contributed by atoms with Crippen LogP contribution in [-0.2, 0) is 4.79 Å². The molecule has 1 fully saturated rings. The van der Waals surface area contributed by atoms with Crippen LogP contribution in [0, 0.1) is 22.7 Å². The van der Waals surface area contributed by atoms with Crippen molar-refractivity contribution in [3.05, 3.63) is 64.9 Å². The molecule has 30 heavy (non-hydrogen) atoms. The summed E-state index contributed by atoms with van der Waals surface area (Å²) in [5, 5.41) is 1.57. The molecule has 0 aliphatic heterocycles. The van der Waals surface area contributed by atoms with Gasteiger partial charge in [0.1, 0.15) is 0 Å². The predicted molar refractivity (Wildman–Crippen MR) is 125 cm³/mol. The van der Waals surface area contributed by atoms with E-state index in [-0.39, 0.29) is 22.7 Å². The third kappa shape index (κ3) is 3.94. The monoisotopic (exact) mass is 440 g/mol. The fraction of sp³-hybridized carbons (Fsp3) is 0.423. The van der Waals surface area contributed by atoms with Gasteiger partial charge in [0, 0.05) is 27.3 Å². The number of halogens is 1. The number of allylic oxidation sites excluding steroid dienone is 3. The Morgan fingerprint density at radius 1 is 1.20 bits per heavy atom. The van der Waals surface area contributed by atoms with E-state index in [0.29, 0.717) is 5.78 Å². The van der Waals surface area contributed by atoms with Gasteiger partial charge >= 0.3 is 0 Å². The maximum absolute atomic E-state index is 13.0. The largest absolute Gasteiger partial charge is 0.457 e. The molecule has 1 aromatic heterocycles. The van der Waals surface area contributed by atoms with E-state index in [9.17, 15) is 4.79 Å². The van der Waals surface area contributed by atoms with E-state index < -0.39 is 0 Å². The Kier molecular flexibility index (Phi) is 5.80. The van der Waals surface area contributed by atoms with Gasteiger partial charge < -0.3 is 4.42 Å². The van der Waals surface area contributed by atoms with Crippen molar-refractivity contribution in [3.63, 3.8) is 0 Å². The molecule has 1 saturated carbocycles. The van der Waals surface area contributed by atoms with Crippen molar-refractivity contribution in [1.29, 1.82) is 0 Å². The minimum atomic E-state index is -0.0435. The van der Waals surface area contributed by atoms with Crippen molar-refractivity contribution >= 4 is 35.2 Å². The molecule has 0 radical (unpaired) electrons. The highest BCUT2D eigenvalue weighted by Crippen LogP contribution is 2.59. The molecule has 0 N–H and O–H groups in total. The summed E-state index contributed by atoms with van der Waals surface area (Å²) in [6.45, 7) is 8.95. The van der Waals surface area contributed by atoms with Gasteiger partial charge in [-0.15, -0.1) is 0 Å². The van der Waals surface area contributed by atoms with E-state index in [2.05, 4.69) is 39.8 Å². The van der Waals surface area contributed by atoms with Gasteiger partial charge in [-0.1, -0.05) is 74.3 Å². The molecule has 0 unspecified atom stereocenters. The van der Waals surface area contributed by atoms with Gasteiger partial charge in [-0.3, -0.25) is 4.79 Å². The van der Waals surface area contributed by atoms with E-state index in [1.54, 1.807) is 18.0 Å². The molecule has 2 aliphatic rings. The summed E-state index contributed by atoms with van der Waals surface area (Å²) in [5.74, 6) is 0.630. The van der Waals surface area contributed by atoms with Crippen molar-refractivity contribution in [1.82, 2.24) is 0 Å². The summed E-state index contributed by atoms with van der Waals surface area (Å²) in [6.07, 6.45) is 11.5. The number of fused-ring (bicyclic) bond motifs is 1. The van der Waals surface area contributed by atoms with Crippen LogP contribution in [-0.4, -0.2) is 5.78 Å². The number of ketones is 1. The number of carbonyl (C=O) groups excluding carboxylic acids is 1. The zero-order chi connectivity index (χ0) is 21.5. The lowest BCUT2D eigenvalue weighted by atomic mass is 9.48. The van der Waals surface area contributed by atoms with Crippen molar-refractivity contribution in [2.45, 2.75) is 56.9 Å². The van der Waals surface area contributed by atoms with Gasteiger partial charge in [0.15, 0.2) is 10.9 Å². The predicted octanol–water partition coefficient (Wildman–Crippen LogP) is 8.08. The quantitative estimate of drug-likeness (QED) is 0.481. The lowest BCUT2D eigenvalue weighted by molar-refractivity contribution is -0.134. The first-order valence-electron chi connectivity index (χ1n) is 10.6. The van der Waals surface area contributed by atoms with E-state index in [0.717, 1.165) is 33.4 Å². The van der Waals surface area contributed by atoms with Crippen LogP contribution < -0.4 is 0 Å². The minimum Gasteiger partial charge on any atom is -0.457 e. The first-order valence-corrected chi connectivity index (χ1v) is 11.8. The van der Waals surface area contributed by atoms with E-state index in [1.807, 2.05) is 36.4 Å². The molecule has 158 valence electrons.